The Balaban J connectivity index is 1.46. The molecule has 2 N–H and O–H groups in total. The molecule has 0 saturated carbocycles. The monoisotopic (exact) mass is 673 g/mol. The number of carbonyl (C=O) groups is 2. The molecule has 0 aliphatic rings. The molecule has 0 saturated heterocycles. The van der Waals surface area contributed by atoms with E-state index >= 15 is 0 Å². The molecule has 5 aromatic rings. The molecule has 0 atom stereocenters. The zero-order chi connectivity index (χ0) is 28.4. The Bertz CT molecular complexity index is 1820. The van der Waals surface area contributed by atoms with Gasteiger partial charge in [-0.15, -0.1) is 0 Å². The third kappa shape index (κ3) is 5.89. The topological polar surface area (TPSA) is 83.5 Å². The minimum Gasteiger partial charge on any atom is -0.422 e. The van der Waals surface area contributed by atoms with E-state index in [2.05, 4.69) is 31.4 Å². The van der Waals surface area contributed by atoms with Crippen molar-refractivity contribution in [3.05, 3.63) is 120 Å². The van der Waals surface area contributed by atoms with Gasteiger partial charge in [-0.1, -0.05) is 92.7 Å². The molecular weight excluding hydrogens is 660 g/mol. The van der Waals surface area contributed by atoms with Gasteiger partial charge in [-0.25, -0.2) is 10.2 Å². The highest BCUT2D eigenvalue weighted by molar-refractivity contribution is 9.10. The maximum atomic E-state index is 13.4. The number of halogens is 5. The van der Waals surface area contributed by atoms with Crippen LogP contribution in [-0.4, -0.2) is 23.1 Å². The lowest BCUT2D eigenvalue weighted by atomic mass is 10.0. The van der Waals surface area contributed by atoms with Gasteiger partial charge in [0.1, 0.15) is 11.4 Å². The van der Waals surface area contributed by atoms with Gasteiger partial charge in [-0.05, 0) is 48.5 Å². The van der Waals surface area contributed by atoms with E-state index in [1.165, 1.54) is 6.21 Å². The second-order valence-electron chi connectivity index (χ2n) is 8.42. The molecule has 1 heterocycles. The number of nitrogens with zero attached hydrogens (tertiary/aromatic N) is 1. The van der Waals surface area contributed by atoms with Crippen LogP contribution < -0.4 is 10.2 Å². The summed E-state index contributed by atoms with van der Waals surface area (Å²) in [4.78, 5) is 29.2. The molecule has 0 fully saturated rings. The number of hydrogen-bond donors (Lipinski definition) is 2. The van der Waals surface area contributed by atoms with E-state index in [4.69, 9.17) is 51.1 Å². The lowest BCUT2D eigenvalue weighted by Gasteiger charge is -2.09. The predicted molar refractivity (Wildman–Crippen MR) is 164 cm³/mol. The minimum atomic E-state index is -0.635. The summed E-state index contributed by atoms with van der Waals surface area (Å²) in [5, 5.41) is 6.17. The normalized spacial score (nSPS) is 11.2. The molecule has 0 bridgehead atoms. The summed E-state index contributed by atoms with van der Waals surface area (Å²) < 4.78 is 6.28. The maximum absolute atomic E-state index is 13.4. The first-order valence-electron chi connectivity index (χ1n) is 11.6. The minimum absolute atomic E-state index is 0.184. The standard InChI is InChI=1S/C29H16BrCl4N3O3/c30-16-9-10-24(40-29(39)19-6-2-4-8-21(19)33)15(11-16)14-35-37-28(38)27-25(18-5-1-3-7-20(18)32)26-22(34)12-17(31)13-23(26)36-27/h1-14,36H,(H,37,38). The zero-order valence-corrected chi connectivity index (χ0v) is 24.8. The Kier molecular flexibility index (Phi) is 8.49. The molecule has 40 heavy (non-hydrogen) atoms. The van der Waals surface area contributed by atoms with Crippen molar-refractivity contribution in [3.63, 3.8) is 0 Å². The Hall–Kier alpha value is -3.33. The zero-order valence-electron chi connectivity index (χ0n) is 20.1. The molecule has 4 aromatic carbocycles. The SMILES string of the molecule is O=C(Oc1ccc(Br)cc1C=NNC(=O)c1[nH]c2cc(Cl)cc(Cl)c2c1-c1ccccc1Cl)c1ccccc1Cl. The van der Waals surface area contributed by atoms with Crippen molar-refractivity contribution in [2.24, 2.45) is 5.10 Å². The van der Waals surface area contributed by atoms with Crippen molar-refractivity contribution >= 4 is 91.3 Å². The summed E-state index contributed by atoms with van der Waals surface area (Å²) in [5.74, 6) is -0.973. The van der Waals surface area contributed by atoms with Gasteiger partial charge in [0.05, 0.1) is 21.8 Å². The number of carbonyl (C=O) groups excluding carboxylic acids is 2. The van der Waals surface area contributed by atoms with Gasteiger partial charge in [0.25, 0.3) is 5.91 Å². The van der Waals surface area contributed by atoms with Crippen LogP contribution in [0, 0.1) is 0 Å². The number of hydrazone groups is 1. The van der Waals surface area contributed by atoms with Crippen LogP contribution in [0.5, 0.6) is 5.75 Å². The van der Waals surface area contributed by atoms with Crippen LogP contribution in [0.15, 0.2) is 88.4 Å². The van der Waals surface area contributed by atoms with Crippen molar-refractivity contribution in [3.8, 4) is 16.9 Å². The van der Waals surface area contributed by atoms with Crippen molar-refractivity contribution in [2.45, 2.75) is 0 Å². The van der Waals surface area contributed by atoms with E-state index in [1.807, 2.05) is 6.07 Å². The third-order valence-electron chi connectivity index (χ3n) is 5.82. The molecule has 5 rings (SSSR count). The first kappa shape index (κ1) is 28.2. The number of rotatable bonds is 6. The van der Waals surface area contributed by atoms with Crippen molar-refractivity contribution in [1.82, 2.24) is 10.4 Å². The first-order chi connectivity index (χ1) is 19.2. The third-order valence-corrected chi connectivity index (χ3v) is 7.49. The summed E-state index contributed by atoms with van der Waals surface area (Å²) in [7, 11) is 0. The van der Waals surface area contributed by atoms with E-state index in [0.717, 1.165) is 0 Å². The maximum Gasteiger partial charge on any atom is 0.345 e. The van der Waals surface area contributed by atoms with Crippen LogP contribution >= 0.6 is 62.3 Å². The van der Waals surface area contributed by atoms with Gasteiger partial charge in [0.15, 0.2) is 0 Å². The molecule has 0 aliphatic heterocycles. The van der Waals surface area contributed by atoms with Gasteiger partial charge in [-0.2, -0.15) is 5.10 Å². The average molecular weight is 676 g/mol. The fourth-order valence-corrected chi connectivity index (χ4v) is 5.47. The number of H-pyrrole nitrogens is 1. The van der Waals surface area contributed by atoms with E-state index in [0.29, 0.717) is 47.1 Å². The molecule has 200 valence electrons. The Morgan fingerprint density at radius 2 is 1.60 bits per heavy atom. The number of amides is 1. The smallest absolute Gasteiger partial charge is 0.345 e. The van der Waals surface area contributed by atoms with Gasteiger partial charge < -0.3 is 9.72 Å². The Labute approximate surface area is 257 Å². The fraction of sp³-hybridized carbons (Fsp3) is 0. The van der Waals surface area contributed by atoms with Crippen LogP contribution in [0.1, 0.15) is 26.4 Å². The molecular formula is C29H16BrCl4N3O3. The molecule has 1 aromatic heterocycles. The highest BCUT2D eigenvalue weighted by atomic mass is 79.9. The van der Waals surface area contributed by atoms with Gasteiger partial charge in [0, 0.05) is 42.1 Å². The second kappa shape index (κ2) is 12.0. The van der Waals surface area contributed by atoms with E-state index in [-0.39, 0.29) is 22.0 Å². The van der Waals surface area contributed by atoms with Gasteiger partial charge in [0.2, 0.25) is 0 Å². The summed E-state index contributed by atoms with van der Waals surface area (Å²) >= 11 is 28.8. The highest BCUT2D eigenvalue weighted by Crippen LogP contribution is 2.41. The Morgan fingerprint density at radius 1 is 0.875 bits per heavy atom. The van der Waals surface area contributed by atoms with Crippen molar-refractivity contribution < 1.29 is 14.3 Å². The van der Waals surface area contributed by atoms with Crippen molar-refractivity contribution in [2.75, 3.05) is 0 Å². The lowest BCUT2D eigenvalue weighted by molar-refractivity contribution is 0.0734. The van der Waals surface area contributed by atoms with Crippen LogP contribution in [0.2, 0.25) is 20.1 Å². The summed E-state index contributed by atoms with van der Waals surface area (Å²) in [5.41, 5.74) is 5.01. The molecule has 1 amide bonds. The number of ether oxygens (including phenoxy) is 1. The van der Waals surface area contributed by atoms with Gasteiger partial charge in [-0.3, -0.25) is 4.79 Å². The first-order valence-corrected chi connectivity index (χ1v) is 13.9. The quantitative estimate of drug-likeness (QED) is 0.0815. The number of fused-ring (bicyclic) bond motifs is 1. The largest absolute Gasteiger partial charge is 0.422 e. The second-order valence-corrected chi connectivity index (χ2v) is 11.0. The average Bonchev–Trinajstić information content (AvgIpc) is 3.30. The summed E-state index contributed by atoms with van der Waals surface area (Å²) in [6.45, 7) is 0. The number of benzene rings is 4. The van der Waals surface area contributed by atoms with Crippen LogP contribution in [-0.2, 0) is 0 Å². The molecule has 0 unspecified atom stereocenters. The lowest BCUT2D eigenvalue weighted by Crippen LogP contribution is -2.19. The van der Waals surface area contributed by atoms with Crippen molar-refractivity contribution in [1.29, 1.82) is 0 Å². The predicted octanol–water partition coefficient (Wildman–Crippen LogP) is 9.19. The highest BCUT2D eigenvalue weighted by Gasteiger charge is 2.23. The number of aromatic amines is 1. The molecule has 0 radical (unpaired) electrons. The Morgan fingerprint density at radius 3 is 2.35 bits per heavy atom. The number of esters is 1. The summed E-state index contributed by atoms with van der Waals surface area (Å²) in [6, 6.07) is 21.9. The van der Waals surface area contributed by atoms with Crippen LogP contribution in [0.3, 0.4) is 0 Å². The number of nitrogens with one attached hydrogen (secondary N) is 2. The fourth-order valence-electron chi connectivity index (χ4n) is 4.06. The molecule has 6 nitrogen and oxygen atoms in total. The van der Waals surface area contributed by atoms with Crippen LogP contribution in [0.4, 0.5) is 0 Å². The summed E-state index contributed by atoms with van der Waals surface area (Å²) in [6.07, 6.45) is 1.36. The van der Waals surface area contributed by atoms with E-state index in [1.54, 1.807) is 72.8 Å². The molecule has 0 aliphatic carbocycles. The molecule has 11 heteroatoms. The number of hydrogen-bond acceptors (Lipinski definition) is 4. The number of aromatic nitrogens is 1. The van der Waals surface area contributed by atoms with E-state index < -0.39 is 11.9 Å². The van der Waals surface area contributed by atoms with E-state index in [9.17, 15) is 9.59 Å². The van der Waals surface area contributed by atoms with Gasteiger partial charge >= 0.3 is 5.97 Å². The molecule has 0 spiro atoms. The van der Waals surface area contributed by atoms with Crippen LogP contribution in [0.25, 0.3) is 22.0 Å².